The van der Waals surface area contributed by atoms with Crippen molar-refractivity contribution in [3.05, 3.63) is 65.2 Å². The highest BCUT2D eigenvalue weighted by atomic mass is 16.7. The van der Waals surface area contributed by atoms with Crippen LogP contribution in [0.4, 0.5) is 5.69 Å². The Balaban J connectivity index is 1.25. The third kappa shape index (κ3) is 8.22. The molecule has 2 amide bonds. The Morgan fingerprint density at radius 1 is 0.930 bits per heavy atom. The van der Waals surface area contributed by atoms with E-state index in [1.807, 2.05) is 48.5 Å². The number of rotatable bonds is 11. The van der Waals surface area contributed by atoms with Crippen LogP contribution in [-0.2, 0) is 25.7 Å². The van der Waals surface area contributed by atoms with E-state index in [9.17, 15) is 14.7 Å². The van der Waals surface area contributed by atoms with Gasteiger partial charge in [-0.3, -0.25) is 19.7 Å². The van der Waals surface area contributed by atoms with Crippen molar-refractivity contribution in [1.29, 1.82) is 0 Å². The van der Waals surface area contributed by atoms with Gasteiger partial charge >= 0.3 is 0 Å². The molecule has 2 aromatic rings. The average molecular weight is 594 g/mol. The normalized spacial score (nSPS) is 28.4. The molecule has 4 N–H and O–H groups in total. The molecule has 0 spiro atoms. The molecule has 5 unspecified atom stereocenters. The predicted molar refractivity (Wildman–Crippen MR) is 163 cm³/mol. The Labute approximate surface area is 254 Å². The van der Waals surface area contributed by atoms with Crippen LogP contribution in [-0.4, -0.2) is 52.3 Å². The summed E-state index contributed by atoms with van der Waals surface area (Å²) in [6, 6.07) is 16.1. The molecule has 2 saturated heterocycles. The van der Waals surface area contributed by atoms with E-state index in [0.717, 1.165) is 36.2 Å². The van der Waals surface area contributed by atoms with Gasteiger partial charge in [0.15, 0.2) is 6.29 Å². The zero-order valence-corrected chi connectivity index (χ0v) is 25.7. The standard InChI is InChI=1S/C34H47N3O6/c1-33(2)17-27-18-34(3,21-33)22-37(27)19-28-16-29(24-10-8-23(20-38)9-11-24)43-32(42-28)25-12-14-26(15-13-25)35-30(39)6-4-5-7-31(40)36-41/h8-15,27-29,32,38,41H,4-7,16-22H2,1-3H3,(H,35,39)(H,36,40). The van der Waals surface area contributed by atoms with E-state index >= 15 is 0 Å². The molecular formula is C34H47N3O6. The molecule has 3 aliphatic rings. The van der Waals surface area contributed by atoms with Crippen molar-refractivity contribution in [2.45, 2.75) is 103 Å². The largest absolute Gasteiger partial charge is 0.392 e. The third-order valence-electron chi connectivity index (χ3n) is 9.23. The number of fused-ring (bicyclic) bond motifs is 2. The number of nitrogens with one attached hydrogen (secondary N) is 2. The minimum atomic E-state index is -0.544. The van der Waals surface area contributed by atoms with Crippen LogP contribution in [0.15, 0.2) is 48.5 Å². The zero-order chi connectivity index (χ0) is 30.6. The lowest BCUT2D eigenvalue weighted by Crippen LogP contribution is -2.42. The highest BCUT2D eigenvalue weighted by Crippen LogP contribution is 2.53. The van der Waals surface area contributed by atoms with Crippen LogP contribution < -0.4 is 10.8 Å². The van der Waals surface area contributed by atoms with E-state index in [1.54, 1.807) is 5.48 Å². The Bertz CT molecular complexity index is 1250. The highest BCUT2D eigenvalue weighted by molar-refractivity contribution is 5.90. The molecule has 1 saturated carbocycles. The van der Waals surface area contributed by atoms with Crippen molar-refractivity contribution in [1.82, 2.24) is 10.4 Å². The molecule has 2 bridgehead atoms. The summed E-state index contributed by atoms with van der Waals surface area (Å²) in [6.07, 6.45) is 5.35. The van der Waals surface area contributed by atoms with Crippen molar-refractivity contribution in [3.8, 4) is 0 Å². The van der Waals surface area contributed by atoms with Gasteiger partial charge in [-0.1, -0.05) is 57.2 Å². The minimum absolute atomic E-state index is 0.000347. The Kier molecular flexibility index (Phi) is 9.88. The summed E-state index contributed by atoms with van der Waals surface area (Å²) in [5, 5.41) is 21.0. The molecule has 5 atom stereocenters. The van der Waals surface area contributed by atoms with Crippen LogP contribution in [0.25, 0.3) is 0 Å². The smallest absolute Gasteiger partial charge is 0.243 e. The van der Waals surface area contributed by atoms with Gasteiger partial charge in [0.25, 0.3) is 0 Å². The number of amides is 2. The van der Waals surface area contributed by atoms with Crippen LogP contribution in [0.3, 0.4) is 0 Å². The Morgan fingerprint density at radius 2 is 1.60 bits per heavy atom. The number of nitrogens with zero attached hydrogens (tertiary/aromatic N) is 1. The second kappa shape index (κ2) is 13.4. The number of carbonyl (C=O) groups is 2. The van der Waals surface area contributed by atoms with Gasteiger partial charge in [0.1, 0.15) is 0 Å². The molecule has 9 nitrogen and oxygen atoms in total. The molecule has 234 valence electrons. The first kappa shape index (κ1) is 31.6. The van der Waals surface area contributed by atoms with Crippen molar-refractivity contribution >= 4 is 17.5 Å². The van der Waals surface area contributed by atoms with E-state index in [-0.39, 0.29) is 31.1 Å². The Morgan fingerprint density at radius 3 is 2.28 bits per heavy atom. The van der Waals surface area contributed by atoms with Crippen molar-refractivity contribution in [2.24, 2.45) is 10.8 Å². The summed E-state index contributed by atoms with van der Waals surface area (Å²) < 4.78 is 13.2. The van der Waals surface area contributed by atoms with Gasteiger partial charge in [0.05, 0.1) is 18.8 Å². The predicted octanol–water partition coefficient (Wildman–Crippen LogP) is 5.63. The van der Waals surface area contributed by atoms with Gasteiger partial charge in [-0.25, -0.2) is 5.48 Å². The molecule has 2 heterocycles. The zero-order valence-electron chi connectivity index (χ0n) is 25.7. The van der Waals surface area contributed by atoms with Crippen LogP contribution in [0.2, 0.25) is 0 Å². The minimum Gasteiger partial charge on any atom is -0.392 e. The molecule has 43 heavy (non-hydrogen) atoms. The van der Waals surface area contributed by atoms with Crippen LogP contribution >= 0.6 is 0 Å². The van der Waals surface area contributed by atoms with Gasteiger partial charge in [-0.05, 0) is 66.2 Å². The van der Waals surface area contributed by atoms with Gasteiger partial charge < -0.3 is 19.9 Å². The topological polar surface area (TPSA) is 120 Å². The molecule has 2 aliphatic heterocycles. The molecule has 1 aliphatic carbocycles. The molecule has 0 aromatic heterocycles. The number of ether oxygens (including phenoxy) is 2. The van der Waals surface area contributed by atoms with Crippen LogP contribution in [0, 0.1) is 10.8 Å². The lowest BCUT2D eigenvalue weighted by molar-refractivity contribution is -0.253. The van der Waals surface area contributed by atoms with Gasteiger partial charge in [0, 0.05) is 49.6 Å². The number of carbonyl (C=O) groups excluding carboxylic acids is 2. The fourth-order valence-electron chi connectivity index (χ4n) is 7.66. The molecular weight excluding hydrogens is 546 g/mol. The third-order valence-corrected chi connectivity index (χ3v) is 9.23. The second-order valence-electron chi connectivity index (χ2n) is 13.9. The molecule has 9 heteroatoms. The summed E-state index contributed by atoms with van der Waals surface area (Å²) >= 11 is 0. The SMILES string of the molecule is CC1(C)CC2CC(C)(CN2CC2CC(c3ccc(CO)cc3)OC(c3ccc(NC(=O)CCCCC(=O)NO)cc3)O2)C1. The van der Waals surface area contributed by atoms with Crippen molar-refractivity contribution < 1.29 is 29.4 Å². The highest BCUT2D eigenvalue weighted by Gasteiger charge is 2.50. The number of benzene rings is 2. The lowest BCUT2D eigenvalue weighted by Gasteiger charge is -2.41. The van der Waals surface area contributed by atoms with Gasteiger partial charge in [-0.15, -0.1) is 0 Å². The van der Waals surface area contributed by atoms with E-state index in [0.29, 0.717) is 41.8 Å². The summed E-state index contributed by atoms with van der Waals surface area (Å²) in [4.78, 5) is 26.2. The summed E-state index contributed by atoms with van der Waals surface area (Å²) in [5.41, 5.74) is 5.84. The molecule has 0 radical (unpaired) electrons. The fraction of sp³-hybridized carbons (Fsp3) is 0.588. The van der Waals surface area contributed by atoms with E-state index in [2.05, 4.69) is 31.0 Å². The van der Waals surface area contributed by atoms with Crippen molar-refractivity contribution in [2.75, 3.05) is 18.4 Å². The monoisotopic (exact) mass is 593 g/mol. The second-order valence-corrected chi connectivity index (χ2v) is 13.9. The maximum atomic E-state index is 12.4. The van der Waals surface area contributed by atoms with Gasteiger partial charge in [-0.2, -0.15) is 0 Å². The fourth-order valence-corrected chi connectivity index (χ4v) is 7.66. The number of unbranched alkanes of at least 4 members (excludes halogenated alkanes) is 1. The summed E-state index contributed by atoms with van der Waals surface area (Å²) in [6.45, 7) is 9.23. The number of hydrogen-bond donors (Lipinski definition) is 4. The van der Waals surface area contributed by atoms with Crippen LogP contribution in [0.5, 0.6) is 0 Å². The summed E-state index contributed by atoms with van der Waals surface area (Å²) in [7, 11) is 0. The number of anilines is 1. The number of aliphatic hydroxyl groups excluding tert-OH is 1. The number of hydroxylamine groups is 1. The maximum absolute atomic E-state index is 12.4. The molecule has 5 rings (SSSR count). The average Bonchev–Trinajstić information content (AvgIpc) is 3.22. The van der Waals surface area contributed by atoms with Crippen LogP contribution in [0.1, 0.15) is 101 Å². The molecule has 2 aromatic carbocycles. The van der Waals surface area contributed by atoms with Crippen molar-refractivity contribution in [3.63, 3.8) is 0 Å². The van der Waals surface area contributed by atoms with Gasteiger partial charge in [0.2, 0.25) is 11.8 Å². The first-order chi connectivity index (χ1) is 20.5. The number of likely N-dealkylation sites (tertiary alicyclic amines) is 1. The first-order valence-electron chi connectivity index (χ1n) is 15.6. The van der Waals surface area contributed by atoms with E-state index < -0.39 is 12.2 Å². The Hall–Kier alpha value is -2.82. The van der Waals surface area contributed by atoms with E-state index in [4.69, 9.17) is 14.7 Å². The van der Waals surface area contributed by atoms with E-state index in [1.165, 1.54) is 19.3 Å². The first-order valence-corrected chi connectivity index (χ1v) is 15.6. The number of hydrogen-bond acceptors (Lipinski definition) is 7. The maximum Gasteiger partial charge on any atom is 0.243 e. The quantitative estimate of drug-likeness (QED) is 0.151. The summed E-state index contributed by atoms with van der Waals surface area (Å²) in [5.74, 6) is -0.572. The number of aliphatic hydroxyl groups is 1. The lowest BCUT2D eigenvalue weighted by atomic mass is 9.65. The molecule has 3 fully saturated rings.